The van der Waals surface area contributed by atoms with Crippen LogP contribution in [-0.2, 0) is 4.79 Å². The highest BCUT2D eigenvalue weighted by atomic mass is 16.2. The molecule has 2 rings (SSSR count). The lowest BCUT2D eigenvalue weighted by Gasteiger charge is -2.15. The molecule has 1 aliphatic rings. The lowest BCUT2D eigenvalue weighted by Crippen LogP contribution is -2.28. The third kappa shape index (κ3) is 3.36. The van der Waals surface area contributed by atoms with E-state index in [4.69, 9.17) is 11.5 Å². The second-order valence-electron chi connectivity index (χ2n) is 5.50. The number of amides is 2. The standard InChI is InChI=1S/C15H21N3O2/c1-9-5-6-11(8-12(9)15(17)20)18-14(19)7-10-3-2-4-13(10)16/h5-6,8,10,13H,2-4,7,16H2,1H3,(H2,17,20)(H,18,19)/t10-,13+/m0/s1. The van der Waals surface area contributed by atoms with Gasteiger partial charge in [-0.3, -0.25) is 9.59 Å². The Bertz CT molecular complexity index is 528. The van der Waals surface area contributed by atoms with Gasteiger partial charge in [-0.25, -0.2) is 0 Å². The van der Waals surface area contributed by atoms with Crippen molar-refractivity contribution in [3.8, 4) is 0 Å². The minimum Gasteiger partial charge on any atom is -0.366 e. The molecule has 0 aliphatic heterocycles. The maximum absolute atomic E-state index is 12.0. The zero-order chi connectivity index (χ0) is 14.7. The zero-order valence-corrected chi connectivity index (χ0v) is 11.7. The number of rotatable bonds is 4. The van der Waals surface area contributed by atoms with E-state index in [-0.39, 0.29) is 17.9 Å². The van der Waals surface area contributed by atoms with Crippen molar-refractivity contribution in [3.05, 3.63) is 29.3 Å². The average Bonchev–Trinajstić information content (AvgIpc) is 2.77. The molecule has 2 amide bonds. The summed E-state index contributed by atoms with van der Waals surface area (Å²) in [6.45, 7) is 1.81. The van der Waals surface area contributed by atoms with Gasteiger partial charge in [0.1, 0.15) is 0 Å². The maximum Gasteiger partial charge on any atom is 0.249 e. The molecule has 0 saturated heterocycles. The monoisotopic (exact) mass is 275 g/mol. The SMILES string of the molecule is Cc1ccc(NC(=O)C[C@@H]2CCC[C@H]2N)cc1C(N)=O. The second-order valence-corrected chi connectivity index (χ2v) is 5.50. The molecule has 5 nitrogen and oxygen atoms in total. The van der Waals surface area contributed by atoms with Crippen LogP contribution in [0.4, 0.5) is 5.69 Å². The lowest BCUT2D eigenvalue weighted by atomic mass is 10.00. The normalized spacial score (nSPS) is 21.7. The first-order valence-corrected chi connectivity index (χ1v) is 6.93. The molecule has 0 heterocycles. The predicted octanol–water partition coefficient (Wildman–Crippen LogP) is 1.55. The summed E-state index contributed by atoms with van der Waals surface area (Å²) in [5, 5.41) is 2.81. The van der Waals surface area contributed by atoms with Gasteiger partial charge < -0.3 is 16.8 Å². The highest BCUT2D eigenvalue weighted by Gasteiger charge is 2.26. The summed E-state index contributed by atoms with van der Waals surface area (Å²) in [4.78, 5) is 23.3. The number of nitrogens with two attached hydrogens (primary N) is 2. The highest BCUT2D eigenvalue weighted by molar-refractivity contribution is 5.97. The van der Waals surface area contributed by atoms with Crippen molar-refractivity contribution in [3.63, 3.8) is 0 Å². The number of nitrogens with one attached hydrogen (secondary N) is 1. The number of aryl methyl sites for hydroxylation is 1. The molecule has 5 heteroatoms. The Kier molecular flexibility index (Phi) is 4.39. The van der Waals surface area contributed by atoms with Gasteiger partial charge in [-0.15, -0.1) is 0 Å². The van der Waals surface area contributed by atoms with Gasteiger partial charge in [0.2, 0.25) is 11.8 Å². The van der Waals surface area contributed by atoms with Crippen molar-refractivity contribution in [1.29, 1.82) is 0 Å². The maximum atomic E-state index is 12.0. The third-order valence-electron chi connectivity index (χ3n) is 3.95. The van der Waals surface area contributed by atoms with E-state index in [9.17, 15) is 9.59 Å². The van der Waals surface area contributed by atoms with Crippen LogP contribution in [-0.4, -0.2) is 17.9 Å². The first kappa shape index (κ1) is 14.5. The van der Waals surface area contributed by atoms with Gasteiger partial charge in [0.05, 0.1) is 0 Å². The lowest BCUT2D eigenvalue weighted by molar-refractivity contribution is -0.117. The van der Waals surface area contributed by atoms with Crippen LogP contribution < -0.4 is 16.8 Å². The molecule has 0 radical (unpaired) electrons. The number of carbonyl (C=O) groups excluding carboxylic acids is 2. The van der Waals surface area contributed by atoms with Gasteiger partial charge in [0.15, 0.2) is 0 Å². The minimum absolute atomic E-state index is 0.0633. The van der Waals surface area contributed by atoms with Crippen LogP contribution in [0.1, 0.15) is 41.6 Å². The van der Waals surface area contributed by atoms with Gasteiger partial charge in [-0.1, -0.05) is 12.5 Å². The Balaban J connectivity index is 2.00. The topological polar surface area (TPSA) is 98.2 Å². The quantitative estimate of drug-likeness (QED) is 0.777. The Labute approximate surface area is 118 Å². The number of anilines is 1. The van der Waals surface area contributed by atoms with Crippen LogP contribution >= 0.6 is 0 Å². The number of primary amides is 1. The molecule has 2 atom stereocenters. The van der Waals surface area contributed by atoms with E-state index in [1.165, 1.54) is 0 Å². The Morgan fingerprint density at radius 3 is 2.70 bits per heavy atom. The molecular formula is C15H21N3O2. The summed E-state index contributed by atoms with van der Waals surface area (Å²) in [7, 11) is 0. The summed E-state index contributed by atoms with van der Waals surface area (Å²) in [6.07, 6.45) is 3.53. The third-order valence-corrected chi connectivity index (χ3v) is 3.95. The molecule has 1 saturated carbocycles. The van der Waals surface area contributed by atoms with Crippen LogP contribution in [0.3, 0.4) is 0 Å². The van der Waals surface area contributed by atoms with E-state index in [1.807, 2.05) is 6.92 Å². The molecule has 5 N–H and O–H groups in total. The molecule has 108 valence electrons. The summed E-state index contributed by atoms with van der Waals surface area (Å²) < 4.78 is 0. The second kappa shape index (κ2) is 6.05. The van der Waals surface area contributed by atoms with Gasteiger partial charge in [-0.2, -0.15) is 0 Å². The van der Waals surface area contributed by atoms with E-state index < -0.39 is 5.91 Å². The van der Waals surface area contributed by atoms with Crippen molar-refractivity contribution < 1.29 is 9.59 Å². The van der Waals surface area contributed by atoms with Crippen molar-refractivity contribution in [2.24, 2.45) is 17.4 Å². The summed E-state index contributed by atoms with van der Waals surface area (Å²) in [6, 6.07) is 5.29. The van der Waals surface area contributed by atoms with Gasteiger partial charge >= 0.3 is 0 Å². The van der Waals surface area contributed by atoms with E-state index in [0.29, 0.717) is 17.7 Å². The average molecular weight is 275 g/mol. The Morgan fingerprint density at radius 1 is 1.35 bits per heavy atom. The van der Waals surface area contributed by atoms with Crippen molar-refractivity contribution in [1.82, 2.24) is 0 Å². The van der Waals surface area contributed by atoms with Crippen LogP contribution in [0, 0.1) is 12.8 Å². The van der Waals surface area contributed by atoms with Crippen LogP contribution in [0.25, 0.3) is 0 Å². The first-order chi connectivity index (χ1) is 9.47. The van der Waals surface area contributed by atoms with Crippen LogP contribution in [0.5, 0.6) is 0 Å². The predicted molar refractivity (Wildman–Crippen MR) is 78.3 cm³/mol. The van der Waals surface area contributed by atoms with E-state index in [2.05, 4.69) is 5.32 Å². The van der Waals surface area contributed by atoms with E-state index in [1.54, 1.807) is 18.2 Å². The number of hydrogen-bond acceptors (Lipinski definition) is 3. The van der Waals surface area contributed by atoms with Gasteiger partial charge in [-0.05, 0) is 43.4 Å². The molecule has 1 aromatic carbocycles. The molecule has 0 aromatic heterocycles. The van der Waals surface area contributed by atoms with E-state index in [0.717, 1.165) is 24.8 Å². The fourth-order valence-corrected chi connectivity index (χ4v) is 2.73. The van der Waals surface area contributed by atoms with Crippen molar-refractivity contribution in [2.45, 2.75) is 38.6 Å². The Hall–Kier alpha value is -1.88. The molecule has 1 aromatic rings. The van der Waals surface area contributed by atoms with Crippen LogP contribution in [0.2, 0.25) is 0 Å². The number of benzene rings is 1. The van der Waals surface area contributed by atoms with Crippen molar-refractivity contribution in [2.75, 3.05) is 5.32 Å². The largest absolute Gasteiger partial charge is 0.366 e. The Morgan fingerprint density at radius 2 is 2.10 bits per heavy atom. The fraction of sp³-hybridized carbons (Fsp3) is 0.467. The highest BCUT2D eigenvalue weighted by Crippen LogP contribution is 2.27. The molecule has 1 aliphatic carbocycles. The zero-order valence-electron chi connectivity index (χ0n) is 11.7. The van der Waals surface area contributed by atoms with Gasteiger partial charge in [0, 0.05) is 23.7 Å². The molecule has 1 fully saturated rings. The molecule has 0 bridgehead atoms. The fourth-order valence-electron chi connectivity index (χ4n) is 2.73. The summed E-state index contributed by atoms with van der Waals surface area (Å²) in [5.74, 6) is -0.293. The first-order valence-electron chi connectivity index (χ1n) is 6.93. The minimum atomic E-state index is -0.489. The van der Waals surface area contributed by atoms with Crippen LogP contribution in [0.15, 0.2) is 18.2 Å². The van der Waals surface area contributed by atoms with Gasteiger partial charge in [0.25, 0.3) is 0 Å². The summed E-state index contributed by atoms with van der Waals surface area (Å²) >= 11 is 0. The number of hydrogen-bond donors (Lipinski definition) is 3. The molecule has 0 unspecified atom stereocenters. The molecular weight excluding hydrogens is 254 g/mol. The number of carbonyl (C=O) groups is 2. The van der Waals surface area contributed by atoms with E-state index >= 15 is 0 Å². The molecule has 0 spiro atoms. The summed E-state index contributed by atoms with van der Waals surface area (Å²) in [5.41, 5.74) is 13.1. The molecule has 20 heavy (non-hydrogen) atoms. The smallest absolute Gasteiger partial charge is 0.249 e. The van der Waals surface area contributed by atoms with Crippen molar-refractivity contribution >= 4 is 17.5 Å².